The molecule has 1 aromatic rings. The Morgan fingerprint density at radius 1 is 1.10 bits per heavy atom. The number of hydrogen-bond donors (Lipinski definition) is 3. The van der Waals surface area contributed by atoms with E-state index in [1.165, 1.54) is 13.2 Å². The van der Waals surface area contributed by atoms with Gasteiger partial charge in [0.1, 0.15) is 5.60 Å². The predicted molar refractivity (Wildman–Crippen MR) is 127 cm³/mol. The topological polar surface area (TPSA) is 93.2 Å². The van der Waals surface area contributed by atoms with Crippen LogP contribution in [-0.2, 0) is 11.2 Å². The number of nitrogens with one attached hydrogen (secondary N) is 3. The van der Waals surface area contributed by atoms with E-state index in [1.54, 1.807) is 19.2 Å². The van der Waals surface area contributed by atoms with Crippen LogP contribution in [0.3, 0.4) is 0 Å². The Labute approximate surface area is 199 Å². The number of guanidine groups is 1. The van der Waals surface area contributed by atoms with Crippen LogP contribution in [0.5, 0.6) is 11.5 Å². The Kier molecular flexibility index (Phi) is 13.9. The first-order valence-corrected chi connectivity index (χ1v) is 9.67. The molecule has 0 fully saturated rings. The van der Waals surface area contributed by atoms with Gasteiger partial charge in [0.25, 0.3) is 0 Å². The van der Waals surface area contributed by atoms with Gasteiger partial charge in [0.05, 0.1) is 7.11 Å². The highest BCUT2D eigenvalue weighted by molar-refractivity contribution is 14.0. The molecule has 0 saturated carbocycles. The van der Waals surface area contributed by atoms with Crippen molar-refractivity contribution in [2.45, 2.75) is 45.8 Å². The van der Waals surface area contributed by atoms with Crippen LogP contribution in [0.1, 0.15) is 32.8 Å². The molecule has 0 bridgehead atoms. The van der Waals surface area contributed by atoms with Crippen LogP contribution in [0.25, 0.3) is 0 Å². The molecule has 11 heteroatoms. The van der Waals surface area contributed by atoms with Crippen LogP contribution in [0.2, 0.25) is 0 Å². The van der Waals surface area contributed by atoms with Crippen LogP contribution < -0.4 is 25.4 Å². The third-order valence-electron chi connectivity index (χ3n) is 3.69. The van der Waals surface area contributed by atoms with Crippen LogP contribution in [0, 0.1) is 0 Å². The van der Waals surface area contributed by atoms with Crippen molar-refractivity contribution in [1.82, 2.24) is 16.0 Å². The molecule has 0 saturated heterocycles. The number of alkyl carbamates (subject to hydrolysis) is 1. The van der Waals surface area contributed by atoms with E-state index < -0.39 is 18.3 Å². The van der Waals surface area contributed by atoms with E-state index >= 15 is 0 Å². The molecule has 0 unspecified atom stereocenters. The summed E-state index contributed by atoms with van der Waals surface area (Å²) in [6.07, 6.45) is 0.816. The van der Waals surface area contributed by atoms with E-state index in [-0.39, 0.29) is 35.5 Å². The maximum absolute atomic E-state index is 12.5. The van der Waals surface area contributed by atoms with Gasteiger partial charge < -0.3 is 30.2 Å². The van der Waals surface area contributed by atoms with Crippen molar-refractivity contribution in [3.8, 4) is 11.5 Å². The fraction of sp³-hybridized carbons (Fsp3) is 0.600. The fourth-order valence-corrected chi connectivity index (χ4v) is 2.41. The monoisotopic (exact) mass is 558 g/mol. The molecule has 8 nitrogen and oxygen atoms in total. The lowest BCUT2D eigenvalue weighted by molar-refractivity contribution is -0.0512. The Hall–Kier alpha value is -2.05. The number of aliphatic imine (C=N–C) groups is 1. The number of carbonyl (C=O) groups excluding carboxylic acids is 1. The summed E-state index contributed by atoms with van der Waals surface area (Å²) in [4.78, 5) is 15.7. The van der Waals surface area contributed by atoms with Crippen molar-refractivity contribution in [3.63, 3.8) is 0 Å². The Morgan fingerprint density at radius 2 is 1.74 bits per heavy atom. The van der Waals surface area contributed by atoms with Crippen LogP contribution >= 0.6 is 24.0 Å². The second-order valence-corrected chi connectivity index (χ2v) is 7.32. The van der Waals surface area contributed by atoms with Crippen LogP contribution in [-0.4, -0.2) is 58.1 Å². The average molecular weight is 558 g/mol. The molecule has 1 rings (SSSR count). The van der Waals surface area contributed by atoms with Crippen LogP contribution in [0.15, 0.2) is 23.2 Å². The molecule has 0 atom stereocenters. The van der Waals surface area contributed by atoms with E-state index in [9.17, 15) is 13.6 Å². The lowest BCUT2D eigenvalue weighted by Gasteiger charge is -2.19. The molecule has 1 aromatic carbocycles. The summed E-state index contributed by atoms with van der Waals surface area (Å²) in [6.45, 7) is 4.12. The maximum atomic E-state index is 12.5. The smallest absolute Gasteiger partial charge is 0.407 e. The third kappa shape index (κ3) is 13.1. The average Bonchev–Trinajstić information content (AvgIpc) is 2.64. The minimum Gasteiger partial charge on any atom is -0.493 e. The van der Waals surface area contributed by atoms with Gasteiger partial charge in [0.2, 0.25) is 0 Å². The van der Waals surface area contributed by atoms with Gasteiger partial charge in [0.15, 0.2) is 17.5 Å². The number of nitrogens with zero attached hydrogens (tertiary/aromatic N) is 1. The van der Waals surface area contributed by atoms with E-state index in [2.05, 4.69) is 25.7 Å². The van der Waals surface area contributed by atoms with Gasteiger partial charge in [-0.1, -0.05) is 6.07 Å². The van der Waals surface area contributed by atoms with Gasteiger partial charge in [-0.3, -0.25) is 4.99 Å². The lowest BCUT2D eigenvalue weighted by atomic mass is 10.1. The molecule has 0 aliphatic heterocycles. The summed E-state index contributed by atoms with van der Waals surface area (Å²) in [6, 6.07) is 4.92. The second-order valence-electron chi connectivity index (χ2n) is 7.32. The van der Waals surface area contributed by atoms with E-state index in [4.69, 9.17) is 9.47 Å². The number of alkyl halides is 2. The maximum Gasteiger partial charge on any atom is 0.407 e. The van der Waals surface area contributed by atoms with Crippen molar-refractivity contribution < 1.29 is 27.8 Å². The molecule has 3 N–H and O–H groups in total. The van der Waals surface area contributed by atoms with Gasteiger partial charge in [-0.05, 0) is 51.3 Å². The summed E-state index contributed by atoms with van der Waals surface area (Å²) in [5.74, 6) is 0.860. The van der Waals surface area contributed by atoms with Crippen molar-refractivity contribution in [1.29, 1.82) is 0 Å². The molecular formula is C20H33F2IN4O4. The quantitative estimate of drug-likeness (QED) is 0.176. The Bertz CT molecular complexity index is 700. The molecule has 1 amide bonds. The number of ether oxygens (including phenoxy) is 3. The molecule has 0 spiro atoms. The SMILES string of the molecule is CN=C(NCCCNC(=O)OC(C)(C)C)NCCc1ccc(OC)c(OC(F)F)c1.I. The van der Waals surface area contributed by atoms with Crippen molar-refractivity contribution >= 4 is 36.0 Å². The highest BCUT2D eigenvalue weighted by Gasteiger charge is 2.15. The zero-order valence-corrected chi connectivity index (χ0v) is 20.9. The third-order valence-corrected chi connectivity index (χ3v) is 3.69. The molecular weight excluding hydrogens is 525 g/mol. The predicted octanol–water partition coefficient (Wildman–Crippen LogP) is 3.54. The second kappa shape index (κ2) is 14.9. The number of hydrogen-bond acceptors (Lipinski definition) is 5. The van der Waals surface area contributed by atoms with Crippen molar-refractivity contribution in [2.24, 2.45) is 4.99 Å². The largest absolute Gasteiger partial charge is 0.493 e. The number of rotatable bonds is 10. The van der Waals surface area contributed by atoms with Gasteiger partial charge >= 0.3 is 12.7 Å². The van der Waals surface area contributed by atoms with Gasteiger partial charge in [-0.25, -0.2) is 4.79 Å². The zero-order valence-electron chi connectivity index (χ0n) is 18.6. The molecule has 0 radical (unpaired) electrons. The summed E-state index contributed by atoms with van der Waals surface area (Å²) in [5.41, 5.74) is 0.292. The molecule has 0 aromatic heterocycles. The highest BCUT2D eigenvalue weighted by atomic mass is 127. The molecule has 0 aliphatic carbocycles. The van der Waals surface area contributed by atoms with Gasteiger partial charge in [-0.15, -0.1) is 24.0 Å². The minimum atomic E-state index is -2.92. The Morgan fingerprint density at radius 3 is 2.32 bits per heavy atom. The molecule has 0 aliphatic rings. The first-order chi connectivity index (χ1) is 14.1. The Balaban J connectivity index is 0.00000900. The van der Waals surface area contributed by atoms with E-state index in [0.717, 1.165) is 5.56 Å². The number of benzene rings is 1. The van der Waals surface area contributed by atoms with Crippen molar-refractivity contribution in [2.75, 3.05) is 33.8 Å². The summed E-state index contributed by atoms with van der Waals surface area (Å²) < 4.78 is 39.7. The van der Waals surface area contributed by atoms with Gasteiger partial charge in [-0.2, -0.15) is 8.78 Å². The lowest BCUT2D eigenvalue weighted by Crippen LogP contribution is -2.40. The standard InChI is InChI=1S/C20H32F2N4O4.HI/c1-20(2,3)30-19(27)26-11-6-10-24-18(23-4)25-12-9-14-7-8-15(28-5)16(13-14)29-17(21)22;/h7-8,13,17H,6,9-12H2,1-5H3,(H,26,27)(H2,23,24,25);1H. The van der Waals surface area contributed by atoms with Gasteiger partial charge in [0, 0.05) is 26.7 Å². The highest BCUT2D eigenvalue weighted by Crippen LogP contribution is 2.29. The van der Waals surface area contributed by atoms with E-state index in [1.807, 2.05) is 20.8 Å². The van der Waals surface area contributed by atoms with Crippen molar-refractivity contribution in [3.05, 3.63) is 23.8 Å². The minimum absolute atomic E-state index is 0. The molecule has 0 heterocycles. The normalized spacial score (nSPS) is 11.4. The molecule has 31 heavy (non-hydrogen) atoms. The van der Waals surface area contributed by atoms with E-state index in [0.29, 0.717) is 38.4 Å². The zero-order chi connectivity index (χ0) is 22.6. The number of carbonyl (C=O) groups is 1. The first-order valence-electron chi connectivity index (χ1n) is 9.67. The number of halogens is 3. The fourth-order valence-electron chi connectivity index (χ4n) is 2.41. The first kappa shape index (κ1) is 28.9. The summed E-state index contributed by atoms with van der Waals surface area (Å²) in [5, 5.41) is 8.97. The summed E-state index contributed by atoms with van der Waals surface area (Å²) in [7, 11) is 3.05. The van der Waals surface area contributed by atoms with Crippen LogP contribution in [0.4, 0.5) is 13.6 Å². The number of amides is 1. The molecule has 178 valence electrons. The summed E-state index contributed by atoms with van der Waals surface area (Å²) >= 11 is 0. The number of methoxy groups -OCH3 is 1.